The van der Waals surface area contributed by atoms with Crippen molar-refractivity contribution >= 4 is 22.6 Å². The predicted octanol–water partition coefficient (Wildman–Crippen LogP) is 1.62. The van der Waals surface area contributed by atoms with E-state index >= 15 is 0 Å². The Morgan fingerprint density at radius 1 is 0.958 bits per heavy atom. The van der Waals surface area contributed by atoms with E-state index in [2.05, 4.69) is 0 Å². The molecule has 0 aliphatic carbocycles. The van der Waals surface area contributed by atoms with Crippen LogP contribution in [0, 0.1) is 0 Å². The number of rotatable bonds is 3. The molecule has 1 aliphatic rings. The highest BCUT2D eigenvalue weighted by Gasteiger charge is 2.26. The molecule has 7 heteroatoms. The summed E-state index contributed by atoms with van der Waals surface area (Å²) in [7, 11) is -1.06. The van der Waals surface area contributed by atoms with Gasteiger partial charge in [0.1, 0.15) is 0 Å². The minimum Gasteiger partial charge on any atom is -0.459 e. The molecule has 1 atom stereocenters. The second-order valence-electron chi connectivity index (χ2n) is 5.54. The highest BCUT2D eigenvalue weighted by molar-refractivity contribution is 7.84. The van der Waals surface area contributed by atoms with E-state index in [0.29, 0.717) is 42.4 Å². The number of amides is 2. The Balaban J connectivity index is 1.60. The van der Waals surface area contributed by atoms with Gasteiger partial charge in [0.2, 0.25) is 0 Å². The first kappa shape index (κ1) is 16.4. The van der Waals surface area contributed by atoms with Crippen LogP contribution in [0.1, 0.15) is 20.9 Å². The van der Waals surface area contributed by atoms with Crippen LogP contribution in [0.4, 0.5) is 0 Å². The molecule has 0 N–H and O–H groups in total. The first-order valence-corrected chi connectivity index (χ1v) is 9.17. The molecular weight excluding hydrogens is 328 g/mol. The fourth-order valence-electron chi connectivity index (χ4n) is 2.64. The van der Waals surface area contributed by atoms with Crippen LogP contribution in [0.15, 0.2) is 52.0 Å². The molecule has 0 radical (unpaired) electrons. The van der Waals surface area contributed by atoms with Gasteiger partial charge in [-0.3, -0.25) is 13.8 Å². The molecular formula is C17H18N2O4S. The molecule has 24 heavy (non-hydrogen) atoms. The van der Waals surface area contributed by atoms with Crippen LogP contribution in [0.25, 0.3) is 0 Å². The van der Waals surface area contributed by atoms with Crippen molar-refractivity contribution in [2.45, 2.75) is 4.90 Å². The molecule has 3 rings (SSSR count). The van der Waals surface area contributed by atoms with Crippen molar-refractivity contribution in [2.75, 3.05) is 32.4 Å². The van der Waals surface area contributed by atoms with Crippen molar-refractivity contribution in [1.82, 2.24) is 9.80 Å². The third-order valence-corrected chi connectivity index (χ3v) is 4.96. The average molecular weight is 346 g/mol. The van der Waals surface area contributed by atoms with E-state index in [1.807, 2.05) is 0 Å². The lowest BCUT2D eigenvalue weighted by Gasteiger charge is -2.34. The molecule has 1 aromatic carbocycles. The second-order valence-corrected chi connectivity index (χ2v) is 6.92. The Hall–Kier alpha value is -2.41. The third kappa shape index (κ3) is 3.41. The number of piperazine rings is 1. The maximum Gasteiger partial charge on any atom is 0.289 e. The van der Waals surface area contributed by atoms with Crippen LogP contribution in [0.3, 0.4) is 0 Å². The lowest BCUT2D eigenvalue weighted by atomic mass is 10.2. The van der Waals surface area contributed by atoms with E-state index in [1.54, 1.807) is 52.5 Å². The number of hydrogen-bond donors (Lipinski definition) is 0. The van der Waals surface area contributed by atoms with Gasteiger partial charge in [0, 0.05) is 53.7 Å². The molecule has 1 aliphatic heterocycles. The molecule has 0 spiro atoms. The van der Waals surface area contributed by atoms with Gasteiger partial charge in [0.05, 0.1) is 6.26 Å². The van der Waals surface area contributed by atoms with E-state index < -0.39 is 10.8 Å². The van der Waals surface area contributed by atoms with Crippen LogP contribution in [0.2, 0.25) is 0 Å². The van der Waals surface area contributed by atoms with Crippen LogP contribution in [0.5, 0.6) is 0 Å². The fourth-order valence-corrected chi connectivity index (χ4v) is 3.16. The summed E-state index contributed by atoms with van der Waals surface area (Å²) in [5.74, 6) is 0.0911. The second kappa shape index (κ2) is 7.00. The third-order valence-electron chi connectivity index (χ3n) is 4.02. The van der Waals surface area contributed by atoms with Crippen molar-refractivity contribution in [2.24, 2.45) is 0 Å². The smallest absolute Gasteiger partial charge is 0.289 e. The minimum absolute atomic E-state index is 0.0754. The van der Waals surface area contributed by atoms with Crippen molar-refractivity contribution < 1.29 is 18.2 Å². The summed E-state index contributed by atoms with van der Waals surface area (Å²) in [6.07, 6.45) is 3.08. The summed E-state index contributed by atoms with van der Waals surface area (Å²) in [4.78, 5) is 28.8. The van der Waals surface area contributed by atoms with Gasteiger partial charge in [-0.25, -0.2) is 0 Å². The standard InChI is InChI=1S/C17H18N2O4S/c1-24(22)14-6-4-13(5-7-14)16(20)18-8-10-19(11-9-18)17(21)15-3-2-12-23-15/h2-7,12H,8-11H2,1H3. The zero-order valence-electron chi connectivity index (χ0n) is 13.3. The van der Waals surface area contributed by atoms with Gasteiger partial charge in [-0.15, -0.1) is 0 Å². The predicted molar refractivity (Wildman–Crippen MR) is 89.3 cm³/mol. The maximum absolute atomic E-state index is 12.5. The van der Waals surface area contributed by atoms with Crippen LogP contribution < -0.4 is 0 Å². The highest BCUT2D eigenvalue weighted by Crippen LogP contribution is 2.14. The Bertz CT molecular complexity index is 747. The molecule has 0 bridgehead atoms. The molecule has 2 heterocycles. The first-order valence-electron chi connectivity index (χ1n) is 7.62. The van der Waals surface area contributed by atoms with Crippen molar-refractivity contribution in [3.05, 3.63) is 54.0 Å². The summed E-state index contributed by atoms with van der Waals surface area (Å²) in [6.45, 7) is 1.91. The number of hydrogen-bond acceptors (Lipinski definition) is 4. The summed E-state index contributed by atoms with van der Waals surface area (Å²) >= 11 is 0. The molecule has 1 aromatic heterocycles. The summed E-state index contributed by atoms with van der Waals surface area (Å²) in [6, 6.07) is 10.1. The molecule has 126 valence electrons. The monoisotopic (exact) mass is 346 g/mol. The van der Waals surface area contributed by atoms with Crippen LogP contribution in [-0.4, -0.2) is 58.3 Å². The topological polar surface area (TPSA) is 70.8 Å². The van der Waals surface area contributed by atoms with Gasteiger partial charge in [0.15, 0.2) is 5.76 Å². The lowest BCUT2D eigenvalue weighted by Crippen LogP contribution is -2.50. The Morgan fingerprint density at radius 2 is 1.54 bits per heavy atom. The van der Waals surface area contributed by atoms with Crippen LogP contribution in [-0.2, 0) is 10.8 Å². The Morgan fingerprint density at radius 3 is 2.04 bits per heavy atom. The number of nitrogens with zero attached hydrogens (tertiary/aromatic N) is 2. The van der Waals surface area contributed by atoms with Gasteiger partial charge in [-0.2, -0.15) is 0 Å². The molecule has 2 amide bonds. The van der Waals surface area contributed by atoms with E-state index in [1.165, 1.54) is 6.26 Å². The summed E-state index contributed by atoms with van der Waals surface area (Å²) in [5, 5.41) is 0. The summed E-state index contributed by atoms with van der Waals surface area (Å²) < 4.78 is 16.5. The normalized spacial score (nSPS) is 16.0. The SMILES string of the molecule is CS(=O)c1ccc(C(=O)N2CCN(C(=O)c3ccco3)CC2)cc1. The van der Waals surface area contributed by atoms with Crippen molar-refractivity contribution in [3.8, 4) is 0 Å². The molecule has 1 saturated heterocycles. The van der Waals surface area contributed by atoms with Gasteiger partial charge < -0.3 is 14.2 Å². The average Bonchev–Trinajstić information content (AvgIpc) is 3.15. The van der Waals surface area contributed by atoms with Gasteiger partial charge in [-0.1, -0.05) is 0 Å². The fraction of sp³-hybridized carbons (Fsp3) is 0.294. The number of carbonyl (C=O) groups is 2. The number of carbonyl (C=O) groups excluding carboxylic acids is 2. The zero-order valence-corrected chi connectivity index (χ0v) is 14.1. The van der Waals surface area contributed by atoms with Gasteiger partial charge in [0.25, 0.3) is 11.8 Å². The highest BCUT2D eigenvalue weighted by atomic mass is 32.2. The van der Waals surface area contributed by atoms with E-state index in [0.717, 1.165) is 0 Å². The molecule has 1 fully saturated rings. The van der Waals surface area contributed by atoms with Gasteiger partial charge >= 0.3 is 0 Å². The molecule has 2 aromatic rings. The van der Waals surface area contributed by atoms with E-state index in [4.69, 9.17) is 4.42 Å². The molecule has 0 saturated carbocycles. The van der Waals surface area contributed by atoms with Crippen LogP contribution >= 0.6 is 0 Å². The Kier molecular flexibility index (Phi) is 4.80. The lowest BCUT2D eigenvalue weighted by molar-refractivity contribution is 0.0518. The number of furan rings is 1. The molecule has 1 unspecified atom stereocenters. The van der Waals surface area contributed by atoms with Gasteiger partial charge in [-0.05, 0) is 36.4 Å². The quantitative estimate of drug-likeness (QED) is 0.847. The summed E-state index contributed by atoms with van der Waals surface area (Å²) in [5.41, 5.74) is 0.565. The Labute approximate surface area is 142 Å². The van der Waals surface area contributed by atoms with E-state index in [-0.39, 0.29) is 11.8 Å². The minimum atomic E-state index is -1.06. The van der Waals surface area contributed by atoms with Crippen molar-refractivity contribution in [1.29, 1.82) is 0 Å². The first-order chi connectivity index (χ1) is 11.6. The number of benzene rings is 1. The maximum atomic E-state index is 12.5. The zero-order chi connectivity index (χ0) is 17.1. The largest absolute Gasteiger partial charge is 0.459 e. The molecule has 6 nitrogen and oxygen atoms in total. The van der Waals surface area contributed by atoms with E-state index in [9.17, 15) is 13.8 Å². The van der Waals surface area contributed by atoms with Crippen molar-refractivity contribution in [3.63, 3.8) is 0 Å².